The summed E-state index contributed by atoms with van der Waals surface area (Å²) < 4.78 is 29.0. The van der Waals surface area contributed by atoms with Crippen LogP contribution in [0.25, 0.3) is 0 Å². The van der Waals surface area contributed by atoms with Gasteiger partial charge in [0.2, 0.25) is 0 Å². The van der Waals surface area contributed by atoms with Gasteiger partial charge in [0.15, 0.2) is 0 Å². The fraction of sp³-hybridized carbons (Fsp3) is 0.478. The maximum atomic E-state index is 11.9. The minimum absolute atomic E-state index is 0.0513. The van der Waals surface area contributed by atoms with Crippen LogP contribution in [-0.2, 0) is 26.6 Å². The Kier molecular flexibility index (Phi) is 10.3. The summed E-state index contributed by atoms with van der Waals surface area (Å²) in [7, 11) is -1.31. The SMILES string of the molecule is CN(CCCCCCCCOS(=O)(=O)Cc1ccccc1)Cc1ccccc1. The first kappa shape index (κ1) is 22.6. The lowest BCUT2D eigenvalue weighted by molar-refractivity contribution is 0.303. The van der Waals surface area contributed by atoms with Crippen molar-refractivity contribution in [2.24, 2.45) is 0 Å². The molecule has 0 unspecified atom stereocenters. The van der Waals surface area contributed by atoms with E-state index < -0.39 is 10.1 Å². The summed E-state index contributed by atoms with van der Waals surface area (Å²) in [6.45, 7) is 2.39. The molecule has 0 aliphatic carbocycles. The molecule has 154 valence electrons. The molecule has 0 saturated heterocycles. The summed E-state index contributed by atoms with van der Waals surface area (Å²) in [5.41, 5.74) is 2.12. The number of hydrogen-bond acceptors (Lipinski definition) is 4. The van der Waals surface area contributed by atoms with E-state index >= 15 is 0 Å². The third-order valence-corrected chi connectivity index (χ3v) is 5.89. The molecule has 5 heteroatoms. The minimum Gasteiger partial charge on any atom is -0.302 e. The number of unbranched alkanes of at least 4 members (excludes halogenated alkanes) is 5. The number of rotatable bonds is 14. The van der Waals surface area contributed by atoms with Gasteiger partial charge in [-0.3, -0.25) is 4.18 Å². The molecule has 0 N–H and O–H groups in total. The van der Waals surface area contributed by atoms with Crippen LogP contribution in [0.3, 0.4) is 0 Å². The summed E-state index contributed by atoms with van der Waals surface area (Å²) in [6, 6.07) is 19.7. The molecule has 0 fully saturated rings. The Balaban J connectivity index is 1.45. The number of nitrogens with zero attached hydrogens (tertiary/aromatic N) is 1. The lowest BCUT2D eigenvalue weighted by Gasteiger charge is -2.16. The second kappa shape index (κ2) is 12.7. The fourth-order valence-corrected chi connectivity index (χ4v) is 4.23. The molecule has 0 aliphatic heterocycles. The van der Waals surface area contributed by atoms with Gasteiger partial charge in [0.1, 0.15) is 5.75 Å². The van der Waals surface area contributed by atoms with Gasteiger partial charge >= 0.3 is 0 Å². The van der Waals surface area contributed by atoms with Gasteiger partial charge in [-0.2, -0.15) is 8.42 Å². The van der Waals surface area contributed by atoms with Crippen molar-refractivity contribution in [2.75, 3.05) is 20.2 Å². The summed E-state index contributed by atoms with van der Waals surface area (Å²) in [4.78, 5) is 2.36. The Morgan fingerprint density at radius 2 is 1.29 bits per heavy atom. The lowest BCUT2D eigenvalue weighted by Crippen LogP contribution is -2.18. The standard InChI is InChI=1S/C23H33NO3S/c1-24(20-22-14-8-6-9-15-22)18-12-4-2-3-5-13-19-27-28(25,26)21-23-16-10-7-11-17-23/h6-11,14-17H,2-5,12-13,18-21H2,1H3. The third-order valence-electron chi connectivity index (χ3n) is 4.68. The lowest BCUT2D eigenvalue weighted by atomic mass is 10.1. The maximum absolute atomic E-state index is 11.9. The Hall–Kier alpha value is -1.69. The van der Waals surface area contributed by atoms with E-state index in [1.807, 2.05) is 24.3 Å². The summed E-state index contributed by atoms with van der Waals surface area (Å²) in [5, 5.41) is 0. The predicted molar refractivity (Wildman–Crippen MR) is 115 cm³/mol. The van der Waals surface area contributed by atoms with E-state index in [1.165, 1.54) is 24.8 Å². The molecule has 2 rings (SSSR count). The van der Waals surface area contributed by atoms with E-state index in [1.54, 1.807) is 12.1 Å². The first-order chi connectivity index (χ1) is 13.6. The molecule has 0 atom stereocenters. The first-order valence-corrected chi connectivity index (χ1v) is 11.8. The zero-order chi connectivity index (χ0) is 20.1. The molecule has 28 heavy (non-hydrogen) atoms. The van der Waals surface area contributed by atoms with E-state index in [9.17, 15) is 8.42 Å². The van der Waals surface area contributed by atoms with Crippen LogP contribution in [0.1, 0.15) is 49.7 Å². The van der Waals surface area contributed by atoms with Crippen molar-refractivity contribution < 1.29 is 12.6 Å². The molecule has 0 amide bonds. The van der Waals surface area contributed by atoms with Gasteiger partial charge in [0, 0.05) is 6.54 Å². The second-order valence-electron chi connectivity index (χ2n) is 7.35. The van der Waals surface area contributed by atoms with Gasteiger partial charge in [-0.15, -0.1) is 0 Å². The van der Waals surface area contributed by atoms with Crippen LogP contribution < -0.4 is 0 Å². The van der Waals surface area contributed by atoms with Gasteiger partial charge in [-0.05, 0) is 37.6 Å². The molecular weight excluding hydrogens is 370 g/mol. The van der Waals surface area contributed by atoms with Crippen molar-refractivity contribution in [2.45, 2.75) is 50.8 Å². The van der Waals surface area contributed by atoms with Crippen LogP contribution in [0.5, 0.6) is 0 Å². The highest BCUT2D eigenvalue weighted by Crippen LogP contribution is 2.11. The summed E-state index contributed by atoms with van der Waals surface area (Å²) >= 11 is 0. The smallest absolute Gasteiger partial charge is 0.271 e. The maximum Gasteiger partial charge on any atom is 0.271 e. The Labute approximate surface area is 170 Å². The monoisotopic (exact) mass is 403 g/mol. The van der Waals surface area contributed by atoms with Crippen molar-refractivity contribution in [3.63, 3.8) is 0 Å². The molecule has 0 bridgehead atoms. The first-order valence-electron chi connectivity index (χ1n) is 10.2. The van der Waals surface area contributed by atoms with Gasteiger partial charge in [0.05, 0.1) is 6.61 Å². The predicted octanol–water partition coefficient (Wildman–Crippen LogP) is 5.01. The molecule has 2 aromatic rings. The Morgan fingerprint density at radius 3 is 1.93 bits per heavy atom. The highest BCUT2D eigenvalue weighted by atomic mass is 32.2. The van der Waals surface area contributed by atoms with E-state index in [0.29, 0.717) is 0 Å². The van der Waals surface area contributed by atoms with Crippen molar-refractivity contribution >= 4 is 10.1 Å². The van der Waals surface area contributed by atoms with Gasteiger partial charge < -0.3 is 4.90 Å². The largest absolute Gasteiger partial charge is 0.302 e. The number of benzene rings is 2. The normalized spacial score (nSPS) is 11.8. The van der Waals surface area contributed by atoms with Gasteiger partial charge in [0.25, 0.3) is 10.1 Å². The minimum atomic E-state index is -3.48. The topological polar surface area (TPSA) is 46.6 Å². The average molecular weight is 404 g/mol. The highest BCUT2D eigenvalue weighted by molar-refractivity contribution is 7.85. The number of hydrogen-bond donors (Lipinski definition) is 0. The quantitative estimate of drug-likeness (QED) is 0.329. The Morgan fingerprint density at radius 1 is 0.750 bits per heavy atom. The van der Waals surface area contributed by atoms with E-state index in [4.69, 9.17) is 4.18 Å². The summed E-state index contributed by atoms with van der Waals surface area (Å²) in [6.07, 6.45) is 6.54. The van der Waals surface area contributed by atoms with Gasteiger partial charge in [-0.1, -0.05) is 86.3 Å². The van der Waals surface area contributed by atoms with Crippen LogP contribution in [0.2, 0.25) is 0 Å². The molecule has 0 aromatic heterocycles. The van der Waals surface area contributed by atoms with Crippen LogP contribution in [-0.4, -0.2) is 33.5 Å². The van der Waals surface area contributed by atoms with Crippen LogP contribution >= 0.6 is 0 Å². The van der Waals surface area contributed by atoms with Crippen molar-refractivity contribution in [3.8, 4) is 0 Å². The molecule has 0 aliphatic rings. The molecule has 2 aromatic carbocycles. The van der Waals surface area contributed by atoms with E-state index in [0.717, 1.165) is 37.9 Å². The summed E-state index contributed by atoms with van der Waals surface area (Å²) in [5.74, 6) is -0.0513. The van der Waals surface area contributed by atoms with Gasteiger partial charge in [-0.25, -0.2) is 0 Å². The molecule has 0 saturated carbocycles. The molecule has 4 nitrogen and oxygen atoms in total. The average Bonchev–Trinajstić information content (AvgIpc) is 2.68. The Bertz CT molecular complexity index is 748. The van der Waals surface area contributed by atoms with E-state index in [2.05, 4.69) is 36.2 Å². The molecule has 0 spiro atoms. The van der Waals surface area contributed by atoms with Crippen LogP contribution in [0.15, 0.2) is 60.7 Å². The molecule has 0 heterocycles. The molecular formula is C23H33NO3S. The zero-order valence-electron chi connectivity index (χ0n) is 16.9. The van der Waals surface area contributed by atoms with Crippen molar-refractivity contribution in [3.05, 3.63) is 71.8 Å². The fourth-order valence-electron chi connectivity index (χ4n) is 3.17. The van der Waals surface area contributed by atoms with E-state index in [-0.39, 0.29) is 12.4 Å². The van der Waals surface area contributed by atoms with Crippen LogP contribution in [0, 0.1) is 0 Å². The van der Waals surface area contributed by atoms with Crippen molar-refractivity contribution in [1.29, 1.82) is 0 Å². The van der Waals surface area contributed by atoms with Crippen LogP contribution in [0.4, 0.5) is 0 Å². The third kappa shape index (κ3) is 10.0. The van der Waals surface area contributed by atoms with Crippen molar-refractivity contribution in [1.82, 2.24) is 4.90 Å². The highest BCUT2D eigenvalue weighted by Gasteiger charge is 2.11. The zero-order valence-corrected chi connectivity index (χ0v) is 17.7. The molecule has 0 radical (unpaired) electrons. The second-order valence-corrected chi connectivity index (χ2v) is 8.99.